The van der Waals surface area contributed by atoms with Crippen LogP contribution in [0.15, 0.2) is 0 Å². The largest absolute Gasteiger partial charge is 0.341 e. The fourth-order valence-corrected chi connectivity index (χ4v) is 7.02. The first-order valence-electron chi connectivity index (χ1n) is 8.22. The number of amides is 2. The van der Waals surface area contributed by atoms with Gasteiger partial charge in [-0.2, -0.15) is 0 Å². The predicted octanol–water partition coefficient (Wildman–Crippen LogP) is -0.696. The Morgan fingerprint density at radius 3 is 1.36 bits per heavy atom. The van der Waals surface area contributed by atoms with Crippen LogP contribution in [0.5, 0.6) is 0 Å². The van der Waals surface area contributed by atoms with E-state index in [-0.39, 0.29) is 23.0 Å². The lowest BCUT2D eigenvalue weighted by Gasteiger charge is -2.36. The average Bonchev–Trinajstić information content (AvgIpc) is 3.05. The Balaban J connectivity index is 2.11. The number of rotatable bonds is 4. The zero-order chi connectivity index (χ0) is 19.2. The van der Waals surface area contributed by atoms with Crippen LogP contribution in [0.4, 0.5) is 0 Å². The summed E-state index contributed by atoms with van der Waals surface area (Å²) in [6, 6.07) is -0.858. The van der Waals surface area contributed by atoms with Gasteiger partial charge in [0.1, 0.15) is 5.41 Å². The van der Waals surface area contributed by atoms with Gasteiger partial charge in [0.25, 0.3) is 0 Å². The SMILES string of the molecule is CN(C(=O)C(C)(C)C(=O)N(C)C1CCS(=O)(=O)C1)C1CCS(=O)(=O)C1. The van der Waals surface area contributed by atoms with Gasteiger partial charge < -0.3 is 9.80 Å². The highest BCUT2D eigenvalue weighted by Gasteiger charge is 2.45. The molecule has 2 amide bonds. The van der Waals surface area contributed by atoms with Gasteiger partial charge in [0, 0.05) is 26.2 Å². The summed E-state index contributed by atoms with van der Waals surface area (Å²) in [5.41, 5.74) is -1.39. The van der Waals surface area contributed by atoms with Gasteiger partial charge in [-0.1, -0.05) is 0 Å². The van der Waals surface area contributed by atoms with Crippen LogP contribution in [0.2, 0.25) is 0 Å². The molecule has 25 heavy (non-hydrogen) atoms. The van der Waals surface area contributed by atoms with Crippen LogP contribution in [-0.4, -0.2) is 87.6 Å². The minimum absolute atomic E-state index is 0.0451. The van der Waals surface area contributed by atoms with Crippen LogP contribution < -0.4 is 0 Å². The van der Waals surface area contributed by atoms with Gasteiger partial charge >= 0.3 is 0 Å². The molecule has 0 saturated carbocycles. The minimum atomic E-state index is -3.14. The number of sulfone groups is 2. The van der Waals surface area contributed by atoms with Gasteiger partial charge in [-0.25, -0.2) is 16.8 Å². The second-order valence-corrected chi connectivity index (χ2v) is 12.0. The molecule has 2 unspecified atom stereocenters. The lowest BCUT2D eigenvalue weighted by molar-refractivity contribution is -0.154. The van der Waals surface area contributed by atoms with E-state index in [4.69, 9.17) is 0 Å². The standard InChI is InChI=1S/C15H26N2O6S2/c1-15(2,13(18)16(3)11-5-7-24(20,21)9-11)14(19)17(4)12-6-8-25(22,23)10-12/h11-12H,5-10H2,1-4H3. The fourth-order valence-electron chi connectivity index (χ4n) is 3.47. The van der Waals surface area contributed by atoms with E-state index in [1.54, 1.807) is 0 Å². The summed E-state index contributed by atoms with van der Waals surface area (Å²) in [6.07, 6.45) is 0.733. The highest BCUT2D eigenvalue weighted by Crippen LogP contribution is 2.28. The first kappa shape index (κ1) is 20.2. The van der Waals surface area contributed by atoms with Crippen molar-refractivity contribution in [3.63, 3.8) is 0 Å². The number of carbonyl (C=O) groups excluding carboxylic acids is 2. The van der Waals surface area contributed by atoms with Crippen molar-refractivity contribution in [1.29, 1.82) is 0 Å². The molecule has 0 aromatic rings. The van der Waals surface area contributed by atoms with Crippen LogP contribution in [0.1, 0.15) is 26.7 Å². The molecule has 0 N–H and O–H groups in total. The average molecular weight is 395 g/mol. The quantitative estimate of drug-likeness (QED) is 0.584. The summed E-state index contributed by atoms with van der Waals surface area (Å²) in [5.74, 6) is -0.987. The van der Waals surface area contributed by atoms with E-state index >= 15 is 0 Å². The molecular formula is C15H26N2O6S2. The van der Waals surface area contributed by atoms with Gasteiger partial charge in [0.2, 0.25) is 11.8 Å². The maximum atomic E-state index is 12.8. The zero-order valence-electron chi connectivity index (χ0n) is 15.1. The molecule has 0 aromatic carbocycles. The molecular weight excluding hydrogens is 368 g/mol. The molecule has 2 heterocycles. The molecule has 0 aromatic heterocycles. The molecule has 2 rings (SSSR count). The Morgan fingerprint density at radius 1 is 0.800 bits per heavy atom. The molecule has 0 aliphatic carbocycles. The van der Waals surface area contributed by atoms with Gasteiger partial charge in [0.15, 0.2) is 19.7 Å². The van der Waals surface area contributed by atoms with Crippen molar-refractivity contribution < 1.29 is 26.4 Å². The van der Waals surface area contributed by atoms with Crippen molar-refractivity contribution in [3.8, 4) is 0 Å². The lowest BCUT2D eigenvalue weighted by atomic mass is 9.88. The van der Waals surface area contributed by atoms with Crippen molar-refractivity contribution in [2.75, 3.05) is 37.1 Å². The number of hydrogen-bond acceptors (Lipinski definition) is 6. The predicted molar refractivity (Wildman–Crippen MR) is 93.4 cm³/mol. The first-order valence-corrected chi connectivity index (χ1v) is 11.9. The van der Waals surface area contributed by atoms with Crippen molar-refractivity contribution in [2.45, 2.75) is 38.8 Å². The van der Waals surface area contributed by atoms with Gasteiger partial charge in [-0.05, 0) is 26.7 Å². The Morgan fingerprint density at radius 2 is 1.12 bits per heavy atom. The minimum Gasteiger partial charge on any atom is -0.341 e. The summed E-state index contributed by atoms with van der Waals surface area (Å²) >= 11 is 0. The number of carbonyl (C=O) groups is 2. The zero-order valence-corrected chi connectivity index (χ0v) is 16.7. The molecule has 10 heteroatoms. The van der Waals surface area contributed by atoms with Crippen molar-refractivity contribution in [1.82, 2.24) is 9.80 Å². The molecule has 2 atom stereocenters. The maximum absolute atomic E-state index is 12.8. The third kappa shape index (κ3) is 4.16. The van der Waals surface area contributed by atoms with Gasteiger partial charge in [-0.3, -0.25) is 9.59 Å². The van der Waals surface area contributed by atoms with E-state index in [9.17, 15) is 26.4 Å². The Kier molecular flexibility index (Phi) is 5.27. The normalized spacial score (nSPS) is 27.8. The van der Waals surface area contributed by atoms with E-state index in [0.29, 0.717) is 12.8 Å². The van der Waals surface area contributed by atoms with Gasteiger partial charge in [0.05, 0.1) is 23.0 Å². The Labute approximate surface area is 149 Å². The number of nitrogens with zero attached hydrogens (tertiary/aromatic N) is 2. The molecule has 2 saturated heterocycles. The first-order chi connectivity index (χ1) is 11.3. The molecule has 8 nitrogen and oxygen atoms in total. The van der Waals surface area contributed by atoms with Crippen LogP contribution in [0, 0.1) is 5.41 Å². The highest BCUT2D eigenvalue weighted by molar-refractivity contribution is 7.91. The van der Waals surface area contributed by atoms with Gasteiger partial charge in [-0.15, -0.1) is 0 Å². The van der Waals surface area contributed by atoms with Crippen molar-refractivity contribution in [3.05, 3.63) is 0 Å². The molecule has 0 bridgehead atoms. The Bertz CT molecular complexity index is 708. The number of hydrogen-bond donors (Lipinski definition) is 0. The summed E-state index contributed by atoms with van der Waals surface area (Å²) < 4.78 is 46.5. The molecule has 144 valence electrons. The van der Waals surface area contributed by atoms with E-state index in [0.717, 1.165) is 0 Å². The van der Waals surface area contributed by atoms with Crippen molar-refractivity contribution in [2.24, 2.45) is 5.41 Å². The molecule has 2 aliphatic rings. The smallest absolute Gasteiger partial charge is 0.237 e. The third-order valence-corrected chi connectivity index (χ3v) is 8.72. The van der Waals surface area contributed by atoms with Crippen LogP contribution in [0.3, 0.4) is 0 Å². The summed E-state index contributed by atoms with van der Waals surface area (Å²) in [7, 11) is -3.24. The molecule has 0 radical (unpaired) electrons. The molecule has 2 aliphatic heterocycles. The molecule has 0 spiro atoms. The lowest BCUT2D eigenvalue weighted by Crippen LogP contribution is -2.53. The Hall–Kier alpha value is -1.16. The second kappa shape index (κ2) is 6.53. The highest BCUT2D eigenvalue weighted by atomic mass is 32.2. The van der Waals surface area contributed by atoms with E-state index in [2.05, 4.69) is 0 Å². The van der Waals surface area contributed by atoms with E-state index in [1.807, 2.05) is 0 Å². The van der Waals surface area contributed by atoms with E-state index < -0.39 is 49.0 Å². The maximum Gasteiger partial charge on any atom is 0.237 e. The van der Waals surface area contributed by atoms with Crippen LogP contribution in [0.25, 0.3) is 0 Å². The van der Waals surface area contributed by atoms with Crippen LogP contribution >= 0.6 is 0 Å². The molecule has 2 fully saturated rings. The summed E-state index contributed by atoms with van der Waals surface area (Å²) in [4.78, 5) is 28.3. The summed E-state index contributed by atoms with van der Waals surface area (Å²) in [6.45, 7) is 3.00. The van der Waals surface area contributed by atoms with Crippen LogP contribution in [-0.2, 0) is 29.3 Å². The fraction of sp³-hybridized carbons (Fsp3) is 0.867. The topological polar surface area (TPSA) is 109 Å². The van der Waals surface area contributed by atoms with Crippen molar-refractivity contribution >= 4 is 31.5 Å². The van der Waals surface area contributed by atoms with E-state index in [1.165, 1.54) is 37.7 Å². The monoisotopic (exact) mass is 394 g/mol. The third-order valence-electron chi connectivity index (χ3n) is 5.22. The summed E-state index contributed by atoms with van der Waals surface area (Å²) in [5, 5.41) is 0. The second-order valence-electron chi connectivity index (χ2n) is 7.57.